The normalized spacial score (nSPS) is 18.5. The molecule has 8 aromatic heterocycles. The molecule has 0 atom stereocenters. The number of pyridine rings is 3. The van der Waals surface area contributed by atoms with Crippen molar-refractivity contribution in [2.45, 2.75) is 208 Å². The first-order chi connectivity index (χ1) is 56.0. The summed E-state index contributed by atoms with van der Waals surface area (Å²) in [5.74, 6) is -1.60. The summed E-state index contributed by atoms with van der Waals surface area (Å²) in [7, 11) is 0. The summed E-state index contributed by atoms with van der Waals surface area (Å²) in [6.45, 7) is 45.6. The lowest BCUT2D eigenvalue weighted by molar-refractivity contribution is -0.141. The highest BCUT2D eigenvalue weighted by molar-refractivity contribution is 6.30. The zero-order chi connectivity index (χ0) is 87.1. The number of hydrogen-bond acceptors (Lipinski definition) is 20. The van der Waals surface area contributed by atoms with E-state index in [1.807, 2.05) is 86.3 Å². The molecular formula is C91H110ClF2N15O11. The molecule has 5 aliphatic rings. The first-order valence-electron chi connectivity index (χ1n) is 41.0. The molecular weight excluding hydrogens is 1550 g/mol. The molecule has 0 spiro atoms. The Morgan fingerprint density at radius 1 is 0.508 bits per heavy atom. The fourth-order valence-corrected chi connectivity index (χ4v) is 17.1. The monoisotopic (exact) mass is 1660 g/mol. The van der Waals surface area contributed by atoms with Crippen molar-refractivity contribution < 1.29 is 61.0 Å². The summed E-state index contributed by atoms with van der Waals surface area (Å²) in [5.41, 5.74) is 7.68. The fourth-order valence-electron chi connectivity index (χ4n) is 17.0. The molecule has 29 heteroatoms. The third-order valence-electron chi connectivity index (χ3n) is 23.7. The molecule has 2 aromatic carbocycles. The summed E-state index contributed by atoms with van der Waals surface area (Å²) in [4.78, 5) is 117. The van der Waals surface area contributed by atoms with Gasteiger partial charge >= 0.3 is 11.9 Å². The number of carboxylic acid groups (broad SMARTS) is 2. The average molecular weight is 1660 g/mol. The summed E-state index contributed by atoms with van der Waals surface area (Å²) < 4.78 is 46.5. The molecule has 3 N–H and O–H groups in total. The molecule has 4 saturated heterocycles. The van der Waals surface area contributed by atoms with E-state index in [0.29, 0.717) is 145 Å². The molecule has 0 radical (unpaired) electrons. The SMILES string of the molecule is CC(C)(C)c1cc(-c2ccc(Cl)c(F)c2)nc2cc(C(=O)N3CCN(c4cnc(C(=O)O)cn4)CC3(C)C)oc12.CC(C)(C)c1cc(-c2ccc(F)cc2)nc2cc(C(=O)N3CCN(N4CCNC(=O)CC4(C)C)CC3(C)C)oc12.CC1(C)CCC(c2cc(C(C)(C)C)c3oc(C(=O)N4CCN(c5nccc(C(=O)O)n5)CC4(C)C)cc3n2)CC1. The van der Waals surface area contributed by atoms with E-state index in [1.54, 1.807) is 35.2 Å². The molecule has 26 nitrogen and oxygen atoms in total. The molecule has 120 heavy (non-hydrogen) atoms. The number of nitrogens with one attached hydrogen (secondary N) is 1. The van der Waals surface area contributed by atoms with E-state index in [1.165, 1.54) is 61.8 Å². The first kappa shape index (κ1) is 87.0. The quantitative estimate of drug-likeness (QED) is 0.108. The van der Waals surface area contributed by atoms with Gasteiger partial charge in [-0.05, 0) is 163 Å². The van der Waals surface area contributed by atoms with Gasteiger partial charge in [-0.3, -0.25) is 19.2 Å². The number of nitrogens with zero attached hydrogens (tertiary/aromatic N) is 14. The average Bonchev–Trinajstić information content (AvgIpc) is 1.62. The minimum atomic E-state index is -1.14. The summed E-state index contributed by atoms with van der Waals surface area (Å²) in [5, 5.41) is 26.0. The second-order valence-corrected chi connectivity index (χ2v) is 39.0. The second kappa shape index (κ2) is 32.6. The number of furan rings is 3. The van der Waals surface area contributed by atoms with Crippen LogP contribution in [0.1, 0.15) is 245 Å². The Bertz CT molecular complexity index is 5590. The van der Waals surface area contributed by atoms with Crippen molar-refractivity contribution in [1.82, 2.24) is 64.9 Å². The van der Waals surface area contributed by atoms with Gasteiger partial charge in [-0.15, -0.1) is 0 Å². The largest absolute Gasteiger partial charge is 0.477 e. The lowest BCUT2D eigenvalue weighted by atomic mass is 9.72. The maximum Gasteiger partial charge on any atom is 0.356 e. The van der Waals surface area contributed by atoms with Gasteiger partial charge < -0.3 is 53.3 Å². The number of carbonyl (C=O) groups excluding carboxylic acids is 4. The van der Waals surface area contributed by atoms with Gasteiger partial charge in [0.25, 0.3) is 17.7 Å². The highest BCUT2D eigenvalue weighted by Gasteiger charge is 2.46. The number of halogens is 3. The number of rotatable bonds is 11. The molecule has 636 valence electrons. The van der Waals surface area contributed by atoms with Crippen molar-refractivity contribution in [2.75, 3.05) is 81.8 Å². The maximum absolute atomic E-state index is 14.2. The molecule has 5 fully saturated rings. The number of anilines is 2. The van der Waals surface area contributed by atoms with Crippen molar-refractivity contribution >= 4 is 92.2 Å². The topological polar surface area (TPSA) is 307 Å². The van der Waals surface area contributed by atoms with Gasteiger partial charge in [0.05, 0.1) is 45.4 Å². The van der Waals surface area contributed by atoms with Crippen LogP contribution in [0.4, 0.5) is 20.5 Å². The van der Waals surface area contributed by atoms with E-state index in [-0.39, 0.29) is 79.2 Å². The summed E-state index contributed by atoms with van der Waals surface area (Å²) >= 11 is 5.88. The number of benzene rings is 2. The summed E-state index contributed by atoms with van der Waals surface area (Å²) in [6, 6.07) is 23.4. The van der Waals surface area contributed by atoms with E-state index in [2.05, 4.69) is 124 Å². The molecule has 12 heterocycles. The number of piperazine rings is 3. The zero-order valence-electron chi connectivity index (χ0n) is 72.2. The fraction of sp³-hybridized carbons (Fsp3) is 0.484. The minimum absolute atomic E-state index is 0.0316. The minimum Gasteiger partial charge on any atom is -0.477 e. The lowest BCUT2D eigenvalue weighted by Gasteiger charge is -2.53. The van der Waals surface area contributed by atoms with Crippen LogP contribution in [0.5, 0.6) is 0 Å². The van der Waals surface area contributed by atoms with E-state index >= 15 is 0 Å². The predicted octanol–water partition coefficient (Wildman–Crippen LogP) is 16.8. The Kier molecular flexibility index (Phi) is 23.6. The Morgan fingerprint density at radius 3 is 1.47 bits per heavy atom. The highest BCUT2D eigenvalue weighted by atomic mass is 35.5. The number of amides is 4. The van der Waals surface area contributed by atoms with E-state index < -0.39 is 34.4 Å². The summed E-state index contributed by atoms with van der Waals surface area (Å²) in [6.07, 6.45) is 9.14. The molecule has 10 aromatic rings. The Morgan fingerprint density at radius 2 is 0.983 bits per heavy atom. The van der Waals surface area contributed by atoms with Crippen LogP contribution < -0.4 is 15.1 Å². The van der Waals surface area contributed by atoms with Crippen LogP contribution in [0, 0.1) is 17.0 Å². The van der Waals surface area contributed by atoms with Gasteiger partial charge in [-0.25, -0.2) is 63.3 Å². The van der Waals surface area contributed by atoms with Crippen molar-refractivity contribution in [1.29, 1.82) is 0 Å². The number of hydrazine groups is 1. The lowest BCUT2D eigenvalue weighted by Crippen LogP contribution is -2.67. The van der Waals surface area contributed by atoms with Gasteiger partial charge in [0.1, 0.15) is 34.0 Å². The molecule has 4 amide bonds. The Balaban J connectivity index is 0.000000156. The molecule has 1 aliphatic carbocycles. The molecule has 1 saturated carbocycles. The van der Waals surface area contributed by atoms with Crippen LogP contribution >= 0.6 is 11.6 Å². The van der Waals surface area contributed by atoms with Crippen molar-refractivity contribution in [2.24, 2.45) is 5.41 Å². The second-order valence-electron chi connectivity index (χ2n) is 38.6. The van der Waals surface area contributed by atoms with E-state index in [0.717, 1.165) is 52.9 Å². The standard InChI is InChI=1S/C31H40FN5O3.C31H41N5O4.C29H29ClFN5O4/c1-29(2,3)22-16-23(20-8-10-21(32)11-9-20)34-24-17-25(40-27(22)24)28(39)36-15-14-35(19-31(36,6)7)37-13-12-33-26(38)18-30(37,4)5;1-29(2,3)20-16-22(19-8-11-30(4,5)12-9-19)33-23-17-24(40-25(20)23)26(37)36-15-14-35(18-31(36,6)7)28-32-13-10-21(34-28)27(38)39;1-28(2,3)17-11-20(16-6-7-18(30)19(31)10-16)34-21-12-23(40-25(17)21)26(37)36-9-8-35(15-29(36,4)5)24-14-32-22(13-33-24)27(38)39/h8-11,16-17H,12-15,18-19H2,1-7H3,(H,33,38);10,13,16-17,19H,8-9,11-12,14-15,18H2,1-7H3,(H,38,39);6-7,10-14H,8-9,15H2,1-5H3,(H,38,39). The van der Waals surface area contributed by atoms with Gasteiger partial charge in [0.15, 0.2) is 45.4 Å². The first-order valence-corrected chi connectivity index (χ1v) is 41.4. The zero-order valence-corrected chi connectivity index (χ0v) is 72.9. The highest BCUT2D eigenvalue weighted by Crippen LogP contribution is 2.46. The van der Waals surface area contributed by atoms with Crippen molar-refractivity contribution in [3.8, 4) is 22.5 Å². The van der Waals surface area contributed by atoms with Crippen molar-refractivity contribution in [3.05, 3.63) is 171 Å². The Hall–Kier alpha value is -10.8. The van der Waals surface area contributed by atoms with Crippen LogP contribution in [0.3, 0.4) is 0 Å². The van der Waals surface area contributed by atoms with Gasteiger partial charge in [0.2, 0.25) is 11.9 Å². The molecule has 4 aliphatic heterocycles. The number of fused-ring (bicyclic) bond motifs is 3. The van der Waals surface area contributed by atoms with Crippen LogP contribution in [0.2, 0.25) is 5.02 Å². The van der Waals surface area contributed by atoms with Crippen LogP contribution in [0.15, 0.2) is 117 Å². The third kappa shape index (κ3) is 18.5. The number of carboxylic acids is 2. The molecule has 0 bridgehead atoms. The van der Waals surface area contributed by atoms with Gasteiger partial charge in [-0.2, -0.15) is 0 Å². The Labute approximate surface area is 703 Å². The smallest absolute Gasteiger partial charge is 0.356 e. The number of aromatic carboxylic acids is 2. The van der Waals surface area contributed by atoms with Crippen molar-refractivity contribution in [3.63, 3.8) is 0 Å². The van der Waals surface area contributed by atoms with Crippen LogP contribution in [-0.2, 0) is 21.0 Å². The third-order valence-corrected chi connectivity index (χ3v) is 24.0. The van der Waals surface area contributed by atoms with Gasteiger partial charge in [-0.1, -0.05) is 93.8 Å². The van der Waals surface area contributed by atoms with E-state index in [9.17, 15) is 42.7 Å². The number of aromatic nitrogens is 7. The van der Waals surface area contributed by atoms with E-state index in [4.69, 9.17) is 44.9 Å². The predicted molar refractivity (Wildman–Crippen MR) is 457 cm³/mol. The van der Waals surface area contributed by atoms with Gasteiger partial charge in [0, 0.05) is 148 Å². The number of hydrogen-bond donors (Lipinski definition) is 3. The van der Waals surface area contributed by atoms with Crippen LogP contribution in [0.25, 0.3) is 55.8 Å². The molecule has 15 rings (SSSR count). The number of carbonyl (C=O) groups is 6. The molecule has 0 unspecified atom stereocenters. The van der Waals surface area contributed by atoms with Crippen LogP contribution in [-0.4, -0.2) is 200 Å². The maximum atomic E-state index is 14.2.